The van der Waals surface area contributed by atoms with E-state index in [2.05, 4.69) is 20.7 Å². The molecule has 0 heterocycles. The lowest BCUT2D eigenvalue weighted by Crippen LogP contribution is -2.33. The Morgan fingerprint density at radius 3 is 2.56 bits per heavy atom. The molecule has 0 amide bonds. The maximum absolute atomic E-state index is 11.8. The van der Waals surface area contributed by atoms with Crippen molar-refractivity contribution in [1.82, 2.24) is 4.72 Å². The minimum Gasteiger partial charge on any atom is -0.381 e. The normalized spacial score (nSPS) is 18.1. The van der Waals surface area contributed by atoms with Gasteiger partial charge in [0, 0.05) is 18.5 Å². The van der Waals surface area contributed by atoms with Crippen LogP contribution >= 0.6 is 15.9 Å². The maximum Gasteiger partial charge on any atom is 0.214 e. The first-order valence-corrected chi connectivity index (χ1v) is 8.46. The van der Waals surface area contributed by atoms with Crippen LogP contribution in [-0.4, -0.2) is 38.8 Å². The van der Waals surface area contributed by atoms with Gasteiger partial charge in [-0.1, -0.05) is 28.8 Å². The smallest absolute Gasteiger partial charge is 0.214 e. The SMILES string of the molecule is O=S(=O)(NCCCOCCBr)C1CCCC1. The third-order valence-corrected chi connectivity index (χ3v) is 5.01. The van der Waals surface area contributed by atoms with Gasteiger partial charge in [0.15, 0.2) is 0 Å². The highest BCUT2D eigenvalue weighted by molar-refractivity contribution is 9.09. The van der Waals surface area contributed by atoms with Gasteiger partial charge in [0.05, 0.1) is 11.9 Å². The molecule has 0 radical (unpaired) electrons. The highest BCUT2D eigenvalue weighted by atomic mass is 79.9. The number of halogens is 1. The van der Waals surface area contributed by atoms with Crippen molar-refractivity contribution in [3.8, 4) is 0 Å². The molecule has 1 saturated carbocycles. The summed E-state index contributed by atoms with van der Waals surface area (Å²) >= 11 is 3.26. The van der Waals surface area contributed by atoms with Gasteiger partial charge >= 0.3 is 0 Å². The van der Waals surface area contributed by atoms with E-state index in [0.717, 1.165) is 37.4 Å². The van der Waals surface area contributed by atoms with Crippen LogP contribution in [0.25, 0.3) is 0 Å². The summed E-state index contributed by atoms with van der Waals surface area (Å²) in [4.78, 5) is 0. The van der Waals surface area contributed by atoms with Gasteiger partial charge in [-0.25, -0.2) is 13.1 Å². The topological polar surface area (TPSA) is 55.4 Å². The molecule has 1 N–H and O–H groups in total. The van der Waals surface area contributed by atoms with Crippen LogP contribution in [0.1, 0.15) is 32.1 Å². The van der Waals surface area contributed by atoms with E-state index < -0.39 is 10.0 Å². The van der Waals surface area contributed by atoms with Gasteiger partial charge in [-0.15, -0.1) is 0 Å². The van der Waals surface area contributed by atoms with Crippen molar-refractivity contribution in [2.75, 3.05) is 25.1 Å². The van der Waals surface area contributed by atoms with Crippen LogP contribution in [0.5, 0.6) is 0 Å². The van der Waals surface area contributed by atoms with E-state index in [9.17, 15) is 8.42 Å². The van der Waals surface area contributed by atoms with Crippen molar-refractivity contribution in [3.05, 3.63) is 0 Å². The summed E-state index contributed by atoms with van der Waals surface area (Å²) in [5, 5.41) is 0.664. The van der Waals surface area contributed by atoms with Crippen molar-refractivity contribution in [2.24, 2.45) is 0 Å². The van der Waals surface area contributed by atoms with Gasteiger partial charge in [0.1, 0.15) is 0 Å². The van der Waals surface area contributed by atoms with E-state index in [0.29, 0.717) is 19.8 Å². The van der Waals surface area contributed by atoms with Crippen LogP contribution in [-0.2, 0) is 14.8 Å². The Labute approximate surface area is 106 Å². The predicted octanol–water partition coefficient (Wildman–Crippen LogP) is 1.65. The van der Waals surface area contributed by atoms with Crippen molar-refractivity contribution in [1.29, 1.82) is 0 Å². The quantitative estimate of drug-likeness (QED) is 0.547. The minimum absolute atomic E-state index is 0.157. The highest BCUT2D eigenvalue weighted by Crippen LogP contribution is 2.23. The summed E-state index contributed by atoms with van der Waals surface area (Å²) in [7, 11) is -3.07. The highest BCUT2D eigenvalue weighted by Gasteiger charge is 2.27. The Balaban J connectivity index is 2.11. The molecular formula is C10H20BrNO3S. The lowest BCUT2D eigenvalue weighted by molar-refractivity contribution is 0.149. The van der Waals surface area contributed by atoms with Crippen LogP contribution in [0.15, 0.2) is 0 Å². The molecule has 4 nitrogen and oxygen atoms in total. The van der Waals surface area contributed by atoms with Crippen LogP contribution in [0, 0.1) is 0 Å². The Bertz CT molecular complexity index is 276. The molecule has 0 spiro atoms. The van der Waals surface area contributed by atoms with E-state index in [1.54, 1.807) is 0 Å². The van der Waals surface area contributed by atoms with Gasteiger partial charge in [-0.3, -0.25) is 0 Å². The second-order valence-corrected chi connectivity index (χ2v) is 6.84. The van der Waals surface area contributed by atoms with Crippen LogP contribution in [0.2, 0.25) is 0 Å². The first kappa shape index (κ1) is 14.4. The molecule has 0 bridgehead atoms. The van der Waals surface area contributed by atoms with Gasteiger partial charge in [0.25, 0.3) is 0 Å². The van der Waals surface area contributed by atoms with Crippen molar-refractivity contribution >= 4 is 26.0 Å². The molecule has 1 aliphatic carbocycles. The molecule has 1 rings (SSSR count). The fourth-order valence-electron chi connectivity index (χ4n) is 1.86. The van der Waals surface area contributed by atoms with Gasteiger partial charge in [-0.05, 0) is 19.3 Å². The van der Waals surface area contributed by atoms with Crippen molar-refractivity contribution in [3.63, 3.8) is 0 Å². The molecule has 0 saturated heterocycles. The molecule has 0 aliphatic heterocycles. The van der Waals surface area contributed by atoms with E-state index in [1.165, 1.54) is 0 Å². The number of hydrogen-bond acceptors (Lipinski definition) is 3. The monoisotopic (exact) mass is 313 g/mol. The number of nitrogens with one attached hydrogen (secondary N) is 1. The third-order valence-electron chi connectivity index (χ3n) is 2.73. The number of rotatable bonds is 8. The molecule has 0 aromatic carbocycles. The molecule has 0 atom stereocenters. The Morgan fingerprint density at radius 1 is 1.25 bits per heavy atom. The average molecular weight is 314 g/mol. The molecular weight excluding hydrogens is 294 g/mol. The second kappa shape index (κ2) is 7.63. The first-order chi connectivity index (χ1) is 7.67. The number of sulfonamides is 1. The summed E-state index contributed by atoms with van der Waals surface area (Å²) < 4.78 is 31.4. The van der Waals surface area contributed by atoms with Gasteiger partial charge < -0.3 is 4.74 Å². The fourth-order valence-corrected chi connectivity index (χ4v) is 3.71. The van der Waals surface area contributed by atoms with Crippen molar-refractivity contribution < 1.29 is 13.2 Å². The predicted molar refractivity (Wildman–Crippen MR) is 68.4 cm³/mol. The summed E-state index contributed by atoms with van der Waals surface area (Å²) in [6.07, 6.45) is 4.45. The van der Waals surface area contributed by atoms with E-state index >= 15 is 0 Å². The zero-order valence-corrected chi connectivity index (χ0v) is 11.9. The Hall–Kier alpha value is 0.350. The largest absolute Gasteiger partial charge is 0.381 e. The molecule has 0 aromatic heterocycles. The van der Waals surface area contributed by atoms with Crippen LogP contribution < -0.4 is 4.72 Å². The maximum atomic E-state index is 11.8. The molecule has 6 heteroatoms. The zero-order chi connectivity index (χ0) is 11.9. The number of ether oxygens (including phenoxy) is 1. The van der Waals surface area contributed by atoms with Gasteiger partial charge in [-0.2, -0.15) is 0 Å². The molecule has 0 unspecified atom stereocenters. The lowest BCUT2D eigenvalue weighted by Gasteiger charge is -2.12. The fraction of sp³-hybridized carbons (Fsp3) is 1.00. The average Bonchev–Trinajstić information content (AvgIpc) is 2.77. The first-order valence-electron chi connectivity index (χ1n) is 5.79. The molecule has 1 fully saturated rings. The molecule has 0 aromatic rings. The standard InChI is InChI=1S/C10H20BrNO3S/c11-6-9-15-8-3-7-12-16(13,14)10-4-1-2-5-10/h10,12H,1-9H2. The lowest BCUT2D eigenvalue weighted by atomic mass is 10.4. The van der Waals surface area contributed by atoms with E-state index in [4.69, 9.17) is 4.74 Å². The third kappa shape index (κ3) is 5.12. The summed E-state index contributed by atoms with van der Waals surface area (Å²) in [5.41, 5.74) is 0. The van der Waals surface area contributed by atoms with E-state index in [-0.39, 0.29) is 5.25 Å². The minimum atomic E-state index is -3.07. The van der Waals surface area contributed by atoms with Crippen LogP contribution in [0.4, 0.5) is 0 Å². The summed E-state index contributed by atoms with van der Waals surface area (Å²) in [6.45, 7) is 1.77. The Kier molecular flexibility index (Phi) is 6.87. The summed E-state index contributed by atoms with van der Waals surface area (Å²) in [6, 6.07) is 0. The van der Waals surface area contributed by atoms with Crippen molar-refractivity contribution in [2.45, 2.75) is 37.4 Å². The van der Waals surface area contributed by atoms with Gasteiger partial charge in [0.2, 0.25) is 10.0 Å². The number of hydrogen-bond donors (Lipinski definition) is 1. The Morgan fingerprint density at radius 2 is 1.94 bits per heavy atom. The molecule has 96 valence electrons. The van der Waals surface area contributed by atoms with Crippen LogP contribution in [0.3, 0.4) is 0 Å². The molecule has 1 aliphatic rings. The zero-order valence-electron chi connectivity index (χ0n) is 9.45. The number of alkyl halides is 1. The van der Waals surface area contributed by atoms with E-state index in [1.807, 2.05) is 0 Å². The molecule has 16 heavy (non-hydrogen) atoms. The second-order valence-electron chi connectivity index (χ2n) is 4.00. The summed E-state index contributed by atoms with van der Waals surface area (Å²) in [5.74, 6) is 0.